The monoisotopic (exact) mass is 394 g/mol. The van der Waals surface area contributed by atoms with E-state index in [2.05, 4.69) is 15.4 Å². The van der Waals surface area contributed by atoms with Crippen LogP contribution >= 0.6 is 22.9 Å². The van der Waals surface area contributed by atoms with Gasteiger partial charge in [-0.1, -0.05) is 25.4 Å². The number of hydrogen-bond donors (Lipinski definition) is 2. The fourth-order valence-corrected chi connectivity index (χ4v) is 3.13. The van der Waals surface area contributed by atoms with E-state index in [0.717, 1.165) is 11.3 Å². The molecule has 1 atom stereocenters. The van der Waals surface area contributed by atoms with Crippen molar-refractivity contribution in [2.24, 2.45) is 5.92 Å². The number of carbonyl (C=O) groups excluding carboxylic acids is 3. The predicted octanol–water partition coefficient (Wildman–Crippen LogP) is 3.58. The molecule has 0 aliphatic rings. The Labute approximate surface area is 160 Å². The van der Waals surface area contributed by atoms with E-state index in [1.165, 1.54) is 7.11 Å². The Balaban J connectivity index is 2.07. The van der Waals surface area contributed by atoms with Gasteiger partial charge in [0.05, 0.1) is 12.1 Å². The van der Waals surface area contributed by atoms with E-state index in [0.29, 0.717) is 20.5 Å². The average molecular weight is 395 g/mol. The van der Waals surface area contributed by atoms with Crippen molar-refractivity contribution in [2.75, 3.05) is 12.4 Å². The summed E-state index contributed by atoms with van der Waals surface area (Å²) in [4.78, 5) is 36.8. The quantitative estimate of drug-likeness (QED) is 0.733. The first-order valence-electron chi connectivity index (χ1n) is 7.87. The summed E-state index contributed by atoms with van der Waals surface area (Å²) in [5.74, 6) is -1.32. The Morgan fingerprint density at radius 3 is 2.31 bits per heavy atom. The van der Waals surface area contributed by atoms with Gasteiger partial charge < -0.3 is 15.4 Å². The molecule has 2 N–H and O–H groups in total. The van der Waals surface area contributed by atoms with E-state index in [9.17, 15) is 14.4 Å². The predicted molar refractivity (Wildman–Crippen MR) is 102 cm³/mol. The van der Waals surface area contributed by atoms with E-state index in [1.54, 1.807) is 36.4 Å². The molecule has 0 saturated heterocycles. The van der Waals surface area contributed by atoms with Gasteiger partial charge in [0.2, 0.25) is 5.91 Å². The van der Waals surface area contributed by atoms with Gasteiger partial charge in [0.15, 0.2) is 0 Å². The fraction of sp³-hybridized carbons (Fsp3) is 0.278. The normalized spacial score (nSPS) is 11.7. The molecule has 2 rings (SSSR count). The third-order valence-corrected chi connectivity index (χ3v) is 4.81. The second-order valence-corrected chi connectivity index (χ2v) is 7.37. The number of benzene rings is 1. The molecule has 138 valence electrons. The number of methoxy groups -OCH3 is 1. The summed E-state index contributed by atoms with van der Waals surface area (Å²) in [6.45, 7) is 3.67. The topological polar surface area (TPSA) is 84.5 Å². The zero-order valence-electron chi connectivity index (χ0n) is 14.5. The largest absolute Gasteiger partial charge is 0.465 e. The lowest BCUT2D eigenvalue weighted by Gasteiger charge is -2.21. The molecule has 1 aromatic carbocycles. The Kier molecular flexibility index (Phi) is 6.76. The van der Waals surface area contributed by atoms with Crippen LogP contribution in [-0.4, -0.2) is 30.9 Å². The van der Waals surface area contributed by atoms with Crippen molar-refractivity contribution in [3.8, 4) is 0 Å². The Hall–Kier alpha value is -2.38. The van der Waals surface area contributed by atoms with Gasteiger partial charge in [-0.2, -0.15) is 0 Å². The zero-order valence-corrected chi connectivity index (χ0v) is 16.1. The number of esters is 1. The van der Waals surface area contributed by atoms with Crippen molar-refractivity contribution in [2.45, 2.75) is 19.9 Å². The molecule has 8 heteroatoms. The minimum Gasteiger partial charge on any atom is -0.465 e. The van der Waals surface area contributed by atoms with Crippen molar-refractivity contribution in [3.63, 3.8) is 0 Å². The lowest BCUT2D eigenvalue weighted by atomic mass is 10.0. The molecule has 2 amide bonds. The van der Waals surface area contributed by atoms with Crippen molar-refractivity contribution < 1.29 is 19.1 Å². The number of nitrogens with one attached hydrogen (secondary N) is 2. The number of thiophene rings is 1. The van der Waals surface area contributed by atoms with Crippen LogP contribution in [0.1, 0.15) is 33.9 Å². The summed E-state index contributed by atoms with van der Waals surface area (Å²) in [5.41, 5.74) is 0.414. The molecule has 2 aromatic rings. The van der Waals surface area contributed by atoms with Crippen molar-refractivity contribution >= 4 is 45.7 Å². The molecule has 0 fully saturated rings. The maximum Gasteiger partial charge on any atom is 0.348 e. The Morgan fingerprint density at radius 1 is 1.08 bits per heavy atom. The van der Waals surface area contributed by atoms with Crippen LogP contribution in [0.3, 0.4) is 0 Å². The van der Waals surface area contributed by atoms with Crippen LogP contribution in [0, 0.1) is 5.92 Å². The number of amides is 2. The van der Waals surface area contributed by atoms with Gasteiger partial charge in [0.1, 0.15) is 10.9 Å². The van der Waals surface area contributed by atoms with Crippen molar-refractivity contribution in [3.05, 3.63) is 51.9 Å². The van der Waals surface area contributed by atoms with E-state index in [-0.39, 0.29) is 17.7 Å². The molecule has 0 bridgehead atoms. The molecule has 6 nitrogen and oxygen atoms in total. The lowest BCUT2D eigenvalue weighted by Crippen LogP contribution is -2.47. The number of anilines is 1. The van der Waals surface area contributed by atoms with Gasteiger partial charge >= 0.3 is 5.97 Å². The van der Waals surface area contributed by atoms with E-state index in [4.69, 9.17) is 11.6 Å². The van der Waals surface area contributed by atoms with Gasteiger partial charge in [-0.15, -0.1) is 11.3 Å². The van der Waals surface area contributed by atoms with Gasteiger partial charge in [0.25, 0.3) is 5.91 Å². The van der Waals surface area contributed by atoms with Gasteiger partial charge in [-0.05, 0) is 42.3 Å². The Morgan fingerprint density at radius 2 is 1.73 bits per heavy atom. The first-order chi connectivity index (χ1) is 12.3. The summed E-state index contributed by atoms with van der Waals surface area (Å²) >= 11 is 6.93. The van der Waals surface area contributed by atoms with Crippen LogP contribution in [0.5, 0.6) is 0 Å². The number of carbonyl (C=O) groups is 3. The summed E-state index contributed by atoms with van der Waals surface area (Å²) in [5, 5.41) is 6.48. The molecule has 1 heterocycles. The standard InChI is InChI=1S/C18H19ClN2O4S/c1-10(2)15(21-16(22)11-4-6-12(19)7-5-11)17(23)20-14-9-8-13(26-14)18(24)25-3/h4-10,15H,1-3H3,(H,20,23)(H,21,22)/t15-/m0/s1. The highest BCUT2D eigenvalue weighted by atomic mass is 35.5. The summed E-state index contributed by atoms with van der Waals surface area (Å²) in [7, 11) is 1.29. The highest BCUT2D eigenvalue weighted by Crippen LogP contribution is 2.23. The van der Waals surface area contributed by atoms with E-state index >= 15 is 0 Å². The molecule has 0 saturated carbocycles. The Bertz CT molecular complexity index is 802. The van der Waals surface area contributed by atoms with Crippen LogP contribution in [0.2, 0.25) is 5.02 Å². The van der Waals surface area contributed by atoms with Crippen LogP contribution in [0.25, 0.3) is 0 Å². The summed E-state index contributed by atoms with van der Waals surface area (Å²) < 4.78 is 4.64. The number of rotatable bonds is 6. The van der Waals surface area contributed by atoms with E-state index in [1.807, 2.05) is 13.8 Å². The first-order valence-corrected chi connectivity index (χ1v) is 9.06. The third-order valence-electron chi connectivity index (χ3n) is 3.58. The molecule has 26 heavy (non-hydrogen) atoms. The maximum absolute atomic E-state index is 12.6. The van der Waals surface area contributed by atoms with Crippen LogP contribution < -0.4 is 10.6 Å². The number of hydrogen-bond acceptors (Lipinski definition) is 5. The summed E-state index contributed by atoms with van der Waals surface area (Å²) in [6.07, 6.45) is 0. The molecule has 0 aliphatic carbocycles. The molecule has 0 spiro atoms. The molecular weight excluding hydrogens is 376 g/mol. The lowest BCUT2D eigenvalue weighted by molar-refractivity contribution is -0.118. The summed E-state index contributed by atoms with van der Waals surface area (Å²) in [6, 6.07) is 8.86. The molecule has 0 unspecified atom stereocenters. The average Bonchev–Trinajstić information content (AvgIpc) is 3.07. The molecule has 0 aliphatic heterocycles. The molecule has 1 aromatic heterocycles. The van der Waals surface area contributed by atoms with Crippen LogP contribution in [0.15, 0.2) is 36.4 Å². The van der Waals surface area contributed by atoms with Crippen LogP contribution in [0.4, 0.5) is 5.00 Å². The highest BCUT2D eigenvalue weighted by Gasteiger charge is 2.25. The van der Waals surface area contributed by atoms with Gasteiger partial charge in [-0.3, -0.25) is 9.59 Å². The zero-order chi connectivity index (χ0) is 19.3. The maximum atomic E-state index is 12.6. The third kappa shape index (κ3) is 5.06. The fourth-order valence-electron chi connectivity index (χ4n) is 2.18. The van der Waals surface area contributed by atoms with Gasteiger partial charge in [-0.25, -0.2) is 4.79 Å². The number of halogens is 1. The van der Waals surface area contributed by atoms with Crippen molar-refractivity contribution in [1.29, 1.82) is 0 Å². The smallest absolute Gasteiger partial charge is 0.348 e. The number of ether oxygens (including phenoxy) is 1. The van der Waals surface area contributed by atoms with Crippen LogP contribution in [-0.2, 0) is 9.53 Å². The molecule has 0 radical (unpaired) electrons. The van der Waals surface area contributed by atoms with Crippen molar-refractivity contribution in [1.82, 2.24) is 5.32 Å². The molecular formula is C18H19ClN2O4S. The second kappa shape index (κ2) is 8.82. The minimum absolute atomic E-state index is 0.133. The van der Waals surface area contributed by atoms with Gasteiger partial charge in [0, 0.05) is 10.6 Å². The first kappa shape index (κ1) is 19.9. The highest BCUT2D eigenvalue weighted by molar-refractivity contribution is 7.18. The minimum atomic E-state index is -0.734. The van der Waals surface area contributed by atoms with E-state index < -0.39 is 12.0 Å². The SMILES string of the molecule is COC(=O)c1ccc(NC(=O)[C@@H](NC(=O)c2ccc(Cl)cc2)C(C)C)s1. The second-order valence-electron chi connectivity index (χ2n) is 5.85.